The van der Waals surface area contributed by atoms with Gasteiger partial charge in [-0.3, -0.25) is 4.79 Å². The summed E-state index contributed by atoms with van der Waals surface area (Å²) in [5.74, 6) is 0.674. The van der Waals surface area contributed by atoms with Gasteiger partial charge in [0.15, 0.2) is 0 Å². The van der Waals surface area contributed by atoms with Crippen molar-refractivity contribution in [1.82, 2.24) is 15.3 Å². The van der Waals surface area contributed by atoms with Crippen LogP contribution in [-0.2, 0) is 4.79 Å². The van der Waals surface area contributed by atoms with Crippen molar-refractivity contribution in [2.75, 3.05) is 0 Å². The molecule has 0 fully saturated rings. The van der Waals surface area contributed by atoms with Crippen LogP contribution >= 0.6 is 34.8 Å². The number of aromatic nitrogens is 2. The Bertz CT molecular complexity index is 566. The predicted molar refractivity (Wildman–Crippen MR) is 93.2 cm³/mol. The molecule has 0 aromatic carbocycles. The molecule has 0 aliphatic rings. The minimum atomic E-state index is -1.85. The lowest BCUT2D eigenvalue weighted by molar-refractivity contribution is -0.131. The number of hydrogen-bond acceptors (Lipinski definition) is 4. The molecular formula is C15H22Cl3N3O2. The minimum Gasteiger partial charge on any atom is -0.449 e. The van der Waals surface area contributed by atoms with Crippen molar-refractivity contribution < 1.29 is 9.53 Å². The van der Waals surface area contributed by atoms with Gasteiger partial charge in [-0.15, -0.1) is 0 Å². The van der Waals surface area contributed by atoms with Crippen LogP contribution in [0.25, 0.3) is 0 Å². The predicted octanol–water partition coefficient (Wildman–Crippen LogP) is 4.15. The lowest BCUT2D eigenvalue weighted by Crippen LogP contribution is -2.51. The summed E-state index contributed by atoms with van der Waals surface area (Å²) in [6.45, 7) is 11.0. The summed E-state index contributed by atoms with van der Waals surface area (Å²) in [7, 11) is 0. The van der Waals surface area contributed by atoms with Gasteiger partial charge in [0, 0.05) is 23.1 Å². The third-order valence-electron chi connectivity index (χ3n) is 2.84. The summed E-state index contributed by atoms with van der Waals surface area (Å²) >= 11 is 17.8. The summed E-state index contributed by atoms with van der Waals surface area (Å²) in [6.07, 6.45) is -1.17. The molecule has 130 valence electrons. The first-order valence-electron chi connectivity index (χ1n) is 7.20. The van der Waals surface area contributed by atoms with E-state index in [-0.39, 0.29) is 17.7 Å². The van der Waals surface area contributed by atoms with Crippen LogP contribution in [0.4, 0.5) is 0 Å². The van der Waals surface area contributed by atoms with Crippen LogP contribution in [-0.4, -0.2) is 25.9 Å². The van der Waals surface area contributed by atoms with E-state index in [1.54, 1.807) is 26.8 Å². The van der Waals surface area contributed by atoms with Crippen molar-refractivity contribution in [3.63, 3.8) is 0 Å². The Morgan fingerprint density at radius 2 is 1.78 bits per heavy atom. The van der Waals surface area contributed by atoms with Crippen LogP contribution in [0.15, 0.2) is 6.07 Å². The molecule has 1 rings (SSSR count). The molecule has 1 aromatic heterocycles. The lowest BCUT2D eigenvalue weighted by Gasteiger charge is -2.29. The second-order valence-corrected chi connectivity index (χ2v) is 8.99. The highest BCUT2D eigenvalue weighted by atomic mass is 35.6. The largest absolute Gasteiger partial charge is 0.449 e. The van der Waals surface area contributed by atoms with E-state index >= 15 is 0 Å². The fraction of sp³-hybridized carbons (Fsp3) is 0.667. The molecule has 0 saturated carbocycles. The Hall–Kier alpha value is -0.780. The molecular weight excluding hydrogens is 361 g/mol. The summed E-state index contributed by atoms with van der Waals surface area (Å²) in [5.41, 5.74) is 0.0753. The highest BCUT2D eigenvalue weighted by Gasteiger charge is 2.38. The van der Waals surface area contributed by atoms with Gasteiger partial charge in [0.1, 0.15) is 5.82 Å². The molecule has 5 nitrogen and oxygen atoms in total. The van der Waals surface area contributed by atoms with Crippen molar-refractivity contribution in [1.29, 1.82) is 0 Å². The van der Waals surface area contributed by atoms with Gasteiger partial charge >= 0.3 is 0 Å². The molecule has 0 aliphatic heterocycles. The topological polar surface area (TPSA) is 64.1 Å². The number of nitrogens with zero attached hydrogens (tertiary/aromatic N) is 2. The molecule has 0 aliphatic carbocycles. The smallest absolute Gasteiger partial charge is 0.246 e. The Morgan fingerprint density at radius 1 is 1.22 bits per heavy atom. The average molecular weight is 383 g/mol. The number of aryl methyl sites for hydroxylation is 1. The maximum Gasteiger partial charge on any atom is 0.246 e. The van der Waals surface area contributed by atoms with Gasteiger partial charge in [-0.2, -0.15) is 4.98 Å². The van der Waals surface area contributed by atoms with E-state index < -0.39 is 15.4 Å². The summed E-state index contributed by atoms with van der Waals surface area (Å²) in [6, 6.07) is 1.62. The molecule has 0 saturated heterocycles. The van der Waals surface area contributed by atoms with E-state index in [0.717, 1.165) is 5.69 Å². The first-order chi connectivity index (χ1) is 10.3. The van der Waals surface area contributed by atoms with Crippen LogP contribution in [0.5, 0.6) is 5.88 Å². The second kappa shape index (κ2) is 7.41. The van der Waals surface area contributed by atoms with Crippen LogP contribution in [0.3, 0.4) is 0 Å². The molecule has 1 atom stereocenters. The van der Waals surface area contributed by atoms with Crippen LogP contribution < -0.4 is 10.1 Å². The average Bonchev–Trinajstić information content (AvgIpc) is 2.34. The second-order valence-electron chi connectivity index (χ2n) is 6.62. The van der Waals surface area contributed by atoms with E-state index in [9.17, 15) is 4.79 Å². The van der Waals surface area contributed by atoms with Gasteiger partial charge in [-0.05, 0) is 6.92 Å². The molecule has 0 spiro atoms. The highest BCUT2D eigenvalue weighted by Crippen LogP contribution is 2.32. The van der Waals surface area contributed by atoms with E-state index in [1.165, 1.54) is 0 Å². The maximum atomic E-state index is 12.2. The molecule has 1 N–H and O–H groups in total. The lowest BCUT2D eigenvalue weighted by atomic mass is 9.96. The fourth-order valence-electron chi connectivity index (χ4n) is 1.51. The Labute approximate surface area is 152 Å². The van der Waals surface area contributed by atoms with Gasteiger partial charge in [-0.1, -0.05) is 69.4 Å². The minimum absolute atomic E-state index is 0.118. The molecule has 23 heavy (non-hydrogen) atoms. The summed E-state index contributed by atoms with van der Waals surface area (Å²) in [4.78, 5) is 20.8. The number of carbonyl (C=O) groups is 1. The number of nitrogens with one attached hydrogen (secondary N) is 1. The number of hydrogen-bond donors (Lipinski definition) is 1. The zero-order valence-corrected chi connectivity index (χ0v) is 16.3. The molecule has 0 bridgehead atoms. The monoisotopic (exact) mass is 381 g/mol. The van der Waals surface area contributed by atoms with Crippen molar-refractivity contribution in [3.05, 3.63) is 17.6 Å². The van der Waals surface area contributed by atoms with E-state index in [2.05, 4.69) is 15.3 Å². The molecule has 0 radical (unpaired) electrons. The van der Waals surface area contributed by atoms with Gasteiger partial charge < -0.3 is 10.1 Å². The van der Waals surface area contributed by atoms with Crippen molar-refractivity contribution in [3.8, 4) is 5.88 Å². The maximum absolute atomic E-state index is 12.2. The third kappa shape index (κ3) is 6.32. The highest BCUT2D eigenvalue weighted by molar-refractivity contribution is 6.68. The zero-order valence-electron chi connectivity index (χ0n) is 14.1. The third-order valence-corrected chi connectivity index (χ3v) is 3.44. The number of ether oxygens (including phenoxy) is 1. The van der Waals surface area contributed by atoms with Crippen molar-refractivity contribution in [2.24, 2.45) is 5.41 Å². The first kappa shape index (κ1) is 20.3. The number of amides is 1. The number of alkyl halides is 3. The van der Waals surface area contributed by atoms with Crippen LogP contribution in [0.1, 0.15) is 52.1 Å². The van der Waals surface area contributed by atoms with Crippen LogP contribution in [0, 0.1) is 12.3 Å². The fourth-order valence-corrected chi connectivity index (χ4v) is 1.81. The van der Waals surface area contributed by atoms with Gasteiger partial charge in [0.2, 0.25) is 21.8 Å². The Balaban J connectivity index is 3.06. The Morgan fingerprint density at radius 3 is 2.22 bits per heavy atom. The summed E-state index contributed by atoms with van der Waals surface area (Å²) in [5, 5.41) is 2.60. The number of carbonyl (C=O) groups excluding carboxylic acids is 1. The van der Waals surface area contributed by atoms with Crippen molar-refractivity contribution >= 4 is 40.7 Å². The zero-order chi connectivity index (χ0) is 18.0. The van der Waals surface area contributed by atoms with Crippen LogP contribution in [0.2, 0.25) is 0 Å². The van der Waals surface area contributed by atoms with Gasteiger partial charge in [0.25, 0.3) is 0 Å². The first-order valence-corrected chi connectivity index (χ1v) is 8.34. The molecule has 1 heterocycles. The molecule has 1 amide bonds. The van der Waals surface area contributed by atoms with E-state index in [1.807, 2.05) is 20.8 Å². The molecule has 8 heteroatoms. The number of rotatable bonds is 4. The SMILES string of the molecule is Cc1cc(OC(NC(=O)C(C)(C)C)C(Cl)(Cl)Cl)nc(C(C)C)n1. The quantitative estimate of drug-likeness (QED) is 0.627. The normalized spacial score (nSPS) is 13.8. The summed E-state index contributed by atoms with van der Waals surface area (Å²) < 4.78 is 3.79. The Kier molecular flexibility index (Phi) is 6.53. The van der Waals surface area contributed by atoms with Gasteiger partial charge in [0.05, 0.1) is 0 Å². The molecule has 1 aromatic rings. The van der Waals surface area contributed by atoms with Gasteiger partial charge in [-0.25, -0.2) is 4.98 Å². The molecule has 1 unspecified atom stereocenters. The standard InChI is InChI=1S/C15H22Cl3N3O2/c1-8(2)11-19-9(3)7-10(20-11)23-13(15(16,17)18)21-12(22)14(4,5)6/h7-8,13H,1-6H3,(H,21,22). The van der Waals surface area contributed by atoms with Crippen molar-refractivity contribution in [2.45, 2.75) is 57.5 Å². The number of halogens is 3. The van der Waals surface area contributed by atoms with E-state index in [0.29, 0.717) is 5.82 Å². The van der Waals surface area contributed by atoms with E-state index in [4.69, 9.17) is 39.5 Å².